The molecule has 1 aromatic carbocycles. The van der Waals surface area contributed by atoms with E-state index in [4.69, 9.17) is 4.74 Å². The van der Waals surface area contributed by atoms with Crippen molar-refractivity contribution >= 4 is 29.2 Å². The number of ether oxygens (including phenoxy) is 3. The number of carbonyl (C=O) groups is 3. The first-order valence-electron chi connectivity index (χ1n) is 8.06. The Kier molecular flexibility index (Phi) is 5.49. The van der Waals surface area contributed by atoms with Crippen LogP contribution in [0.25, 0.3) is 5.65 Å². The second-order valence-electron chi connectivity index (χ2n) is 5.53. The zero-order valence-electron chi connectivity index (χ0n) is 15.0. The van der Waals surface area contributed by atoms with Gasteiger partial charge < -0.3 is 19.5 Å². The number of carbonyl (C=O) groups excluding carboxylic acids is 3. The molecule has 0 aliphatic rings. The second kappa shape index (κ2) is 8.16. The van der Waals surface area contributed by atoms with Crippen molar-refractivity contribution in [2.75, 3.05) is 26.1 Å². The highest BCUT2D eigenvalue weighted by Gasteiger charge is 2.15. The standard InChI is InChI=1S/C18H16N4O6/c1-26-16(24)11-7-12(17(25)27-2)9-13(8-11)19-15(23)10-28-18-21-20-14-5-3-4-6-22(14)18/h3-9H,10H2,1-2H3,(H,19,23). The minimum absolute atomic E-state index is 0.0880. The third-order valence-corrected chi connectivity index (χ3v) is 3.67. The Bertz CT molecular complexity index is 1010. The molecule has 0 fully saturated rings. The summed E-state index contributed by atoms with van der Waals surface area (Å²) in [5.74, 6) is -1.84. The van der Waals surface area contributed by atoms with Crippen molar-refractivity contribution in [1.82, 2.24) is 14.6 Å². The van der Waals surface area contributed by atoms with Crippen LogP contribution in [0.3, 0.4) is 0 Å². The minimum Gasteiger partial charge on any atom is -0.465 e. The largest absolute Gasteiger partial charge is 0.465 e. The summed E-state index contributed by atoms with van der Waals surface area (Å²) in [5, 5.41) is 10.3. The summed E-state index contributed by atoms with van der Waals surface area (Å²) in [6.45, 7) is -0.355. The predicted molar refractivity (Wildman–Crippen MR) is 96.2 cm³/mol. The number of nitrogens with zero attached hydrogens (tertiary/aromatic N) is 3. The fraction of sp³-hybridized carbons (Fsp3) is 0.167. The summed E-state index contributed by atoms with van der Waals surface area (Å²) < 4.78 is 16.3. The lowest BCUT2D eigenvalue weighted by atomic mass is 10.1. The van der Waals surface area contributed by atoms with Crippen LogP contribution in [-0.2, 0) is 14.3 Å². The van der Waals surface area contributed by atoms with E-state index in [2.05, 4.69) is 25.0 Å². The number of amides is 1. The maximum Gasteiger partial charge on any atom is 0.337 e. The SMILES string of the molecule is COC(=O)c1cc(NC(=O)COc2nnc3ccccn23)cc(C(=O)OC)c1. The smallest absolute Gasteiger partial charge is 0.337 e. The molecule has 0 unspecified atom stereocenters. The van der Waals surface area contributed by atoms with Crippen molar-refractivity contribution in [3.8, 4) is 6.01 Å². The van der Waals surface area contributed by atoms with Gasteiger partial charge in [-0.15, -0.1) is 5.10 Å². The normalized spacial score (nSPS) is 10.4. The van der Waals surface area contributed by atoms with Gasteiger partial charge >= 0.3 is 17.9 Å². The molecule has 3 aromatic rings. The molecule has 2 heterocycles. The molecule has 0 radical (unpaired) electrons. The Hall–Kier alpha value is -3.95. The maximum absolute atomic E-state index is 12.2. The van der Waals surface area contributed by atoms with Gasteiger partial charge in [0.1, 0.15) is 0 Å². The van der Waals surface area contributed by atoms with E-state index in [0.29, 0.717) is 5.65 Å². The van der Waals surface area contributed by atoms with Crippen LogP contribution in [0.15, 0.2) is 42.6 Å². The average molecular weight is 384 g/mol. The zero-order valence-corrected chi connectivity index (χ0v) is 15.0. The number of rotatable bonds is 6. The Morgan fingerprint density at radius 2 is 1.68 bits per heavy atom. The fourth-order valence-electron chi connectivity index (χ4n) is 2.42. The second-order valence-corrected chi connectivity index (χ2v) is 5.53. The summed E-state index contributed by atoms with van der Waals surface area (Å²) in [6.07, 6.45) is 1.70. The van der Waals surface area contributed by atoms with Gasteiger partial charge in [0.15, 0.2) is 12.3 Å². The molecule has 0 aliphatic carbocycles. The third-order valence-electron chi connectivity index (χ3n) is 3.67. The number of fused-ring (bicyclic) bond motifs is 1. The molecule has 0 saturated heterocycles. The van der Waals surface area contributed by atoms with Crippen LogP contribution in [0.4, 0.5) is 5.69 Å². The number of anilines is 1. The molecule has 10 nitrogen and oxygen atoms in total. The van der Waals surface area contributed by atoms with E-state index in [1.54, 1.807) is 28.8 Å². The Labute approximate surface area is 159 Å². The van der Waals surface area contributed by atoms with Gasteiger partial charge in [-0.2, -0.15) is 0 Å². The fourth-order valence-corrected chi connectivity index (χ4v) is 2.42. The molecular formula is C18H16N4O6. The van der Waals surface area contributed by atoms with E-state index < -0.39 is 17.8 Å². The Balaban J connectivity index is 1.73. The van der Waals surface area contributed by atoms with E-state index in [9.17, 15) is 14.4 Å². The Morgan fingerprint density at radius 3 is 2.32 bits per heavy atom. The Morgan fingerprint density at radius 1 is 1.00 bits per heavy atom. The molecule has 0 atom stereocenters. The van der Waals surface area contributed by atoms with Crippen molar-refractivity contribution < 1.29 is 28.6 Å². The van der Waals surface area contributed by atoms with E-state index >= 15 is 0 Å². The molecule has 144 valence electrons. The number of hydrogen-bond acceptors (Lipinski definition) is 8. The van der Waals surface area contributed by atoms with Crippen molar-refractivity contribution in [2.24, 2.45) is 0 Å². The van der Waals surface area contributed by atoms with Gasteiger partial charge in [0.05, 0.1) is 25.3 Å². The van der Waals surface area contributed by atoms with Gasteiger partial charge in [0.2, 0.25) is 0 Å². The first kappa shape index (κ1) is 18.8. The lowest BCUT2D eigenvalue weighted by Crippen LogP contribution is -2.21. The van der Waals surface area contributed by atoms with Crippen LogP contribution in [0.1, 0.15) is 20.7 Å². The topological polar surface area (TPSA) is 121 Å². The molecule has 2 aromatic heterocycles. The average Bonchev–Trinajstić information content (AvgIpc) is 3.14. The quantitative estimate of drug-likeness (QED) is 0.632. The van der Waals surface area contributed by atoms with Gasteiger partial charge in [0.25, 0.3) is 5.91 Å². The molecule has 0 bridgehead atoms. The maximum atomic E-state index is 12.2. The van der Waals surface area contributed by atoms with Crippen LogP contribution in [0.2, 0.25) is 0 Å². The molecule has 0 saturated carbocycles. The molecule has 3 rings (SSSR count). The summed E-state index contributed by atoms with van der Waals surface area (Å²) in [7, 11) is 2.42. The minimum atomic E-state index is -0.660. The van der Waals surface area contributed by atoms with Gasteiger partial charge in [-0.05, 0) is 30.3 Å². The lowest BCUT2D eigenvalue weighted by molar-refractivity contribution is -0.118. The molecule has 0 aliphatic heterocycles. The molecule has 0 spiro atoms. The summed E-state index contributed by atoms with van der Waals surface area (Å²) >= 11 is 0. The highest BCUT2D eigenvalue weighted by Crippen LogP contribution is 2.17. The number of aromatic nitrogens is 3. The van der Waals surface area contributed by atoms with Crippen molar-refractivity contribution in [3.05, 3.63) is 53.7 Å². The predicted octanol–water partition coefficient (Wildman–Crippen LogP) is 1.32. The van der Waals surface area contributed by atoms with E-state index in [0.717, 1.165) is 0 Å². The first-order valence-corrected chi connectivity index (χ1v) is 8.06. The number of pyridine rings is 1. The van der Waals surface area contributed by atoms with E-state index in [1.807, 2.05) is 0 Å². The lowest BCUT2D eigenvalue weighted by Gasteiger charge is -2.10. The number of benzene rings is 1. The molecule has 10 heteroatoms. The third kappa shape index (κ3) is 4.06. The highest BCUT2D eigenvalue weighted by atomic mass is 16.5. The van der Waals surface area contributed by atoms with E-state index in [-0.39, 0.29) is 29.4 Å². The first-order chi connectivity index (χ1) is 13.5. The van der Waals surface area contributed by atoms with Crippen LogP contribution in [0.5, 0.6) is 6.01 Å². The van der Waals surface area contributed by atoms with Gasteiger partial charge in [0, 0.05) is 11.9 Å². The summed E-state index contributed by atoms with van der Waals surface area (Å²) in [6, 6.07) is 9.54. The van der Waals surface area contributed by atoms with E-state index in [1.165, 1.54) is 32.4 Å². The van der Waals surface area contributed by atoms with Gasteiger partial charge in [-0.1, -0.05) is 11.2 Å². The van der Waals surface area contributed by atoms with Crippen LogP contribution >= 0.6 is 0 Å². The molecular weight excluding hydrogens is 368 g/mol. The summed E-state index contributed by atoms with van der Waals surface area (Å²) in [4.78, 5) is 35.8. The van der Waals surface area contributed by atoms with Crippen LogP contribution < -0.4 is 10.1 Å². The van der Waals surface area contributed by atoms with Crippen molar-refractivity contribution in [3.63, 3.8) is 0 Å². The molecule has 1 amide bonds. The number of nitrogens with one attached hydrogen (secondary N) is 1. The van der Waals surface area contributed by atoms with Crippen molar-refractivity contribution in [2.45, 2.75) is 0 Å². The zero-order chi connectivity index (χ0) is 20.1. The highest BCUT2D eigenvalue weighted by molar-refractivity contribution is 5.99. The van der Waals surface area contributed by atoms with Crippen LogP contribution in [-0.4, -0.2) is 53.3 Å². The number of methoxy groups -OCH3 is 2. The van der Waals surface area contributed by atoms with Gasteiger partial charge in [-0.3, -0.25) is 9.20 Å². The summed E-state index contributed by atoms with van der Waals surface area (Å²) in [5.41, 5.74) is 0.963. The van der Waals surface area contributed by atoms with Crippen LogP contribution in [0, 0.1) is 0 Å². The monoisotopic (exact) mass is 384 g/mol. The number of esters is 2. The van der Waals surface area contributed by atoms with Crippen molar-refractivity contribution in [1.29, 1.82) is 0 Å². The molecule has 28 heavy (non-hydrogen) atoms. The number of hydrogen-bond donors (Lipinski definition) is 1. The molecule has 1 N–H and O–H groups in total. The van der Waals surface area contributed by atoms with Gasteiger partial charge in [-0.25, -0.2) is 9.59 Å².